The average Bonchev–Trinajstić information content (AvgIpc) is 3.28. The molecule has 0 aromatic carbocycles. The molecule has 0 bridgehead atoms. The van der Waals surface area contributed by atoms with Gasteiger partial charge in [0.15, 0.2) is 12.4 Å². The third kappa shape index (κ3) is 6.32. The number of Topliss-reactive ketones (excluding diaryl/α,β-unsaturated/α-hetero) is 1. The maximum Gasteiger partial charge on any atom is 0.331 e. The van der Waals surface area contributed by atoms with Crippen LogP contribution in [0.3, 0.4) is 0 Å². The summed E-state index contributed by atoms with van der Waals surface area (Å²) in [6.07, 6.45) is 16.5. The molecule has 5 rings (SSSR count). The lowest BCUT2D eigenvalue weighted by Gasteiger charge is -2.64. The number of hydrogen-bond donors (Lipinski definition) is 2. The lowest BCUT2D eigenvalue weighted by atomic mass is 9.42. The topological polar surface area (TPSA) is 101 Å². The summed E-state index contributed by atoms with van der Waals surface area (Å²) in [5.41, 5.74) is -0.390. The van der Waals surface area contributed by atoms with Gasteiger partial charge in [-0.2, -0.15) is 0 Å². The van der Waals surface area contributed by atoms with Crippen molar-refractivity contribution in [3.8, 4) is 0 Å². The zero-order valence-corrected chi connectivity index (χ0v) is 30.8. The van der Waals surface area contributed by atoms with Crippen molar-refractivity contribution in [2.75, 3.05) is 6.61 Å². The van der Waals surface area contributed by atoms with Gasteiger partial charge in [0.25, 0.3) is 0 Å². The van der Waals surface area contributed by atoms with Gasteiger partial charge in [0, 0.05) is 29.2 Å². The molecule has 3 saturated carbocycles. The van der Waals surface area contributed by atoms with Crippen molar-refractivity contribution < 1.29 is 33.7 Å². The molecule has 0 amide bonds. The fraction of sp³-hybridized carbons (Fsp3) is 0.643. The van der Waals surface area contributed by atoms with E-state index in [0.29, 0.717) is 24.8 Å². The van der Waals surface area contributed by atoms with E-state index in [9.17, 15) is 24.6 Å². The molecule has 49 heavy (non-hydrogen) atoms. The molecule has 0 spiro atoms. The van der Waals surface area contributed by atoms with Gasteiger partial charge < -0.3 is 14.9 Å². The van der Waals surface area contributed by atoms with Crippen LogP contribution in [-0.4, -0.2) is 51.7 Å². The molecule has 268 valence electrons. The second-order valence-corrected chi connectivity index (χ2v) is 17.0. The Morgan fingerprint density at radius 1 is 1.04 bits per heavy atom. The molecule has 0 heterocycles. The van der Waals surface area contributed by atoms with Crippen molar-refractivity contribution in [2.24, 2.45) is 34.0 Å². The fourth-order valence-electron chi connectivity index (χ4n) is 10.6. The Morgan fingerprint density at radius 3 is 2.45 bits per heavy atom. The summed E-state index contributed by atoms with van der Waals surface area (Å²) in [5.74, 6) is -2.30. The summed E-state index contributed by atoms with van der Waals surface area (Å²) in [6.45, 7) is 15.6. The van der Waals surface area contributed by atoms with Gasteiger partial charge in [-0.25, -0.2) is 9.18 Å². The Kier molecular flexibility index (Phi) is 10.2. The number of carbonyl (C=O) groups is 3. The number of fused-ring (bicyclic) bond motifs is 5. The van der Waals surface area contributed by atoms with E-state index in [1.54, 1.807) is 26.0 Å². The van der Waals surface area contributed by atoms with Gasteiger partial charge in [0.05, 0.1) is 6.10 Å². The molecule has 5 aliphatic rings. The first-order chi connectivity index (χ1) is 22.8. The quantitative estimate of drug-likeness (QED) is 0.153. The summed E-state index contributed by atoms with van der Waals surface area (Å²) in [6, 6.07) is 0. The number of hydrogen-bond acceptors (Lipinski definition) is 6. The van der Waals surface area contributed by atoms with E-state index in [1.807, 2.05) is 32.9 Å². The molecule has 2 N–H and O–H groups in total. The summed E-state index contributed by atoms with van der Waals surface area (Å²) in [4.78, 5) is 38.6. The van der Waals surface area contributed by atoms with Crippen LogP contribution >= 0.6 is 0 Å². The Bertz CT molecular complexity index is 1570. The summed E-state index contributed by atoms with van der Waals surface area (Å²) in [5, 5.41) is 23.5. The molecule has 0 unspecified atom stereocenters. The van der Waals surface area contributed by atoms with Crippen molar-refractivity contribution in [3.63, 3.8) is 0 Å². The van der Waals surface area contributed by atoms with E-state index in [1.165, 1.54) is 30.1 Å². The highest BCUT2D eigenvalue weighted by Gasteiger charge is 2.75. The Morgan fingerprint density at radius 2 is 1.76 bits per heavy atom. The number of ether oxygens (including phenoxy) is 1. The molecule has 0 aliphatic heterocycles. The number of esters is 1. The predicted octanol–water partition coefficient (Wildman–Crippen LogP) is 8.20. The summed E-state index contributed by atoms with van der Waals surface area (Å²) < 4.78 is 22.8. The van der Waals surface area contributed by atoms with Gasteiger partial charge in [-0.05, 0) is 107 Å². The minimum atomic E-state index is -1.97. The fourth-order valence-corrected chi connectivity index (χ4v) is 10.6. The Balaban J connectivity index is 1.22. The van der Waals surface area contributed by atoms with Gasteiger partial charge in [0.1, 0.15) is 11.3 Å². The second kappa shape index (κ2) is 13.3. The second-order valence-electron chi connectivity index (χ2n) is 17.0. The molecule has 3 fully saturated rings. The predicted molar refractivity (Wildman–Crippen MR) is 190 cm³/mol. The SMILES string of the molecule is CC1=C(/C=C/C(C)=C/C=C/C(C)=C/C(=O)OCC(=O)[C@@]2(O)CC[C@H]3[C@@H]4C[C@H](C)C5=CC(=O)CC[C@]5(C)[C@@]4(F)[C@@H](O)C[C@@]32C)C(C)(C)CCC1. The number of rotatable bonds is 8. The van der Waals surface area contributed by atoms with Gasteiger partial charge in [-0.15, -0.1) is 0 Å². The minimum Gasteiger partial charge on any atom is -0.454 e. The zero-order chi connectivity index (χ0) is 36.2. The maximum absolute atomic E-state index is 17.5. The van der Waals surface area contributed by atoms with Crippen LogP contribution in [0.5, 0.6) is 0 Å². The molecule has 0 aromatic rings. The highest BCUT2D eigenvalue weighted by molar-refractivity contribution is 5.93. The molecular weight excluding hydrogens is 619 g/mol. The lowest BCUT2D eigenvalue weighted by Crippen LogP contribution is -2.70. The Hall–Kier alpha value is -2.90. The van der Waals surface area contributed by atoms with Crippen molar-refractivity contribution in [1.82, 2.24) is 0 Å². The molecule has 7 heteroatoms. The number of aliphatic hydroxyl groups excluding tert-OH is 1. The molecule has 8 atom stereocenters. The van der Waals surface area contributed by atoms with Crippen LogP contribution in [0.1, 0.15) is 113 Å². The van der Waals surface area contributed by atoms with Crippen LogP contribution in [0.25, 0.3) is 0 Å². The van der Waals surface area contributed by atoms with Crippen LogP contribution in [0.4, 0.5) is 4.39 Å². The van der Waals surface area contributed by atoms with Gasteiger partial charge >= 0.3 is 5.97 Å². The smallest absolute Gasteiger partial charge is 0.331 e. The molecule has 6 nitrogen and oxygen atoms in total. The normalized spacial score (nSPS) is 39.5. The maximum atomic E-state index is 17.5. The van der Waals surface area contributed by atoms with E-state index in [-0.39, 0.29) is 42.3 Å². The third-order valence-corrected chi connectivity index (χ3v) is 13.4. The van der Waals surface area contributed by atoms with E-state index in [0.717, 1.165) is 17.6 Å². The molecule has 0 radical (unpaired) electrons. The number of aliphatic hydroxyl groups is 2. The molecule has 5 aliphatic carbocycles. The van der Waals surface area contributed by atoms with E-state index >= 15 is 4.39 Å². The van der Waals surface area contributed by atoms with E-state index < -0.39 is 52.5 Å². The standard InChI is InChI=1S/C42H57FO6/c1-26(14-15-31-28(3)13-10-18-38(31,5)6)11-9-12-27(2)21-37(47)49-25-36(46)41(48)20-17-32-34-22-29(4)33-23-30(44)16-19-39(33,7)42(34,43)35(45)24-40(32,41)8/h9,11-12,14-15,21,23,29,32,34-35,45,48H,10,13,16-20,22,24-25H2,1-8H3/b12-9+,15-14+,26-11+,27-21+/t29-,32-,34-,35-,39-,40-,41-,42-/m0/s1. The lowest BCUT2D eigenvalue weighted by molar-refractivity contribution is -0.231. The summed E-state index contributed by atoms with van der Waals surface area (Å²) >= 11 is 0. The number of halogens is 1. The van der Waals surface area contributed by atoms with Gasteiger partial charge in [0.2, 0.25) is 5.78 Å². The van der Waals surface area contributed by atoms with Crippen LogP contribution in [-0.2, 0) is 19.1 Å². The number of alkyl halides is 1. The van der Waals surface area contributed by atoms with Gasteiger partial charge in [-0.3, -0.25) is 9.59 Å². The Labute approximate surface area is 292 Å². The zero-order valence-electron chi connectivity index (χ0n) is 30.8. The van der Waals surface area contributed by atoms with Crippen LogP contribution in [0.2, 0.25) is 0 Å². The highest BCUT2D eigenvalue weighted by Crippen LogP contribution is 2.71. The first-order valence-corrected chi connectivity index (χ1v) is 18.3. The largest absolute Gasteiger partial charge is 0.454 e. The molecular formula is C42H57FO6. The number of allylic oxidation sites excluding steroid dienone is 10. The monoisotopic (exact) mass is 676 g/mol. The van der Waals surface area contributed by atoms with Crippen molar-refractivity contribution in [2.45, 2.75) is 131 Å². The summed E-state index contributed by atoms with van der Waals surface area (Å²) in [7, 11) is 0. The first-order valence-electron chi connectivity index (χ1n) is 18.3. The number of carbonyl (C=O) groups excluding carboxylic acids is 3. The van der Waals surface area contributed by atoms with Crippen molar-refractivity contribution >= 4 is 17.5 Å². The van der Waals surface area contributed by atoms with E-state index in [2.05, 4.69) is 32.9 Å². The van der Waals surface area contributed by atoms with Crippen LogP contribution < -0.4 is 0 Å². The van der Waals surface area contributed by atoms with E-state index in [4.69, 9.17) is 4.74 Å². The minimum absolute atomic E-state index is 0.00470. The van der Waals surface area contributed by atoms with Crippen LogP contribution in [0.15, 0.2) is 70.4 Å². The van der Waals surface area contributed by atoms with Gasteiger partial charge in [-0.1, -0.05) is 81.7 Å². The molecule has 0 aromatic heterocycles. The van der Waals surface area contributed by atoms with Crippen molar-refractivity contribution in [1.29, 1.82) is 0 Å². The average molecular weight is 677 g/mol. The third-order valence-electron chi connectivity index (χ3n) is 13.4. The molecule has 0 saturated heterocycles. The first kappa shape index (κ1) is 37.4. The number of ketones is 2. The van der Waals surface area contributed by atoms with Crippen LogP contribution in [0, 0.1) is 34.0 Å². The highest BCUT2D eigenvalue weighted by atomic mass is 19.1. The van der Waals surface area contributed by atoms with Crippen molar-refractivity contribution in [3.05, 3.63) is 70.4 Å².